The Morgan fingerprint density at radius 1 is 1.24 bits per heavy atom. The molecule has 1 N–H and O–H groups in total. The average Bonchev–Trinajstić information content (AvgIpc) is 2.49. The summed E-state index contributed by atoms with van der Waals surface area (Å²) in [7, 11) is 0. The molecular weight excluding hydrogens is 335 g/mol. The fraction of sp³-hybridized carbons (Fsp3) is 0.188. The van der Waals surface area contributed by atoms with Crippen LogP contribution in [0.3, 0.4) is 0 Å². The molecule has 0 saturated heterocycles. The molecule has 0 aliphatic carbocycles. The van der Waals surface area contributed by atoms with Crippen LogP contribution in [0.1, 0.15) is 18.1 Å². The van der Waals surface area contributed by atoms with E-state index < -0.39 is 5.82 Å². The maximum Gasteiger partial charge on any atom is 0.165 e. The normalized spacial score (nSPS) is 10.2. The Bertz CT molecular complexity index is 682. The number of nitriles is 1. The second kappa shape index (κ2) is 7.21. The van der Waals surface area contributed by atoms with Crippen molar-refractivity contribution >= 4 is 15.9 Å². The van der Waals surface area contributed by atoms with Crippen LogP contribution in [0.15, 0.2) is 40.9 Å². The SMILES string of the molecule is CCNCc1ccc(Oc2cc(Br)ccc2F)c(C#N)c1. The molecule has 0 aromatic heterocycles. The minimum atomic E-state index is -0.473. The number of nitrogens with one attached hydrogen (secondary N) is 1. The predicted octanol–water partition coefficient (Wildman–Crippen LogP) is 4.36. The Morgan fingerprint density at radius 2 is 2.05 bits per heavy atom. The Hall–Kier alpha value is -1.90. The number of rotatable bonds is 5. The van der Waals surface area contributed by atoms with Gasteiger partial charge in [0.2, 0.25) is 0 Å². The van der Waals surface area contributed by atoms with E-state index in [1.54, 1.807) is 18.2 Å². The van der Waals surface area contributed by atoms with Crippen LogP contribution in [0.2, 0.25) is 0 Å². The lowest BCUT2D eigenvalue weighted by atomic mass is 10.1. The maximum atomic E-state index is 13.7. The molecule has 0 saturated carbocycles. The lowest BCUT2D eigenvalue weighted by Crippen LogP contribution is -2.11. The summed E-state index contributed by atoms with van der Waals surface area (Å²) < 4.78 is 19.9. The second-order valence-corrected chi connectivity index (χ2v) is 5.32. The number of hydrogen-bond acceptors (Lipinski definition) is 3. The Balaban J connectivity index is 2.27. The topological polar surface area (TPSA) is 45.0 Å². The van der Waals surface area contributed by atoms with Gasteiger partial charge in [0.1, 0.15) is 11.8 Å². The third-order valence-corrected chi connectivity index (χ3v) is 3.35. The van der Waals surface area contributed by atoms with Gasteiger partial charge in [-0.2, -0.15) is 5.26 Å². The molecular formula is C16H14BrFN2O. The maximum absolute atomic E-state index is 13.7. The fourth-order valence-corrected chi connectivity index (χ4v) is 2.15. The molecule has 2 rings (SSSR count). The van der Waals surface area contributed by atoms with Gasteiger partial charge in [-0.1, -0.05) is 28.9 Å². The highest BCUT2D eigenvalue weighted by atomic mass is 79.9. The summed E-state index contributed by atoms with van der Waals surface area (Å²) in [6, 6.07) is 11.8. The van der Waals surface area contributed by atoms with E-state index in [2.05, 4.69) is 27.3 Å². The van der Waals surface area contributed by atoms with Crippen LogP contribution >= 0.6 is 15.9 Å². The molecule has 0 atom stereocenters. The van der Waals surface area contributed by atoms with Crippen molar-refractivity contribution in [3.8, 4) is 17.6 Å². The molecule has 0 heterocycles. The van der Waals surface area contributed by atoms with E-state index in [1.165, 1.54) is 12.1 Å². The van der Waals surface area contributed by atoms with Gasteiger partial charge in [0, 0.05) is 11.0 Å². The van der Waals surface area contributed by atoms with Crippen LogP contribution < -0.4 is 10.1 Å². The summed E-state index contributed by atoms with van der Waals surface area (Å²) in [5.41, 5.74) is 1.36. The van der Waals surface area contributed by atoms with Crippen LogP contribution in [0, 0.1) is 17.1 Å². The molecule has 0 bridgehead atoms. The van der Waals surface area contributed by atoms with Gasteiger partial charge in [0.05, 0.1) is 5.56 Å². The average molecular weight is 349 g/mol. The summed E-state index contributed by atoms with van der Waals surface area (Å²) in [4.78, 5) is 0. The second-order valence-electron chi connectivity index (χ2n) is 4.40. The van der Waals surface area contributed by atoms with E-state index in [0.717, 1.165) is 12.1 Å². The van der Waals surface area contributed by atoms with Gasteiger partial charge in [0.25, 0.3) is 0 Å². The van der Waals surface area contributed by atoms with Crippen LogP contribution in [-0.4, -0.2) is 6.54 Å². The highest BCUT2D eigenvalue weighted by Crippen LogP contribution is 2.30. The third kappa shape index (κ3) is 4.03. The van der Waals surface area contributed by atoms with Gasteiger partial charge in [-0.05, 0) is 42.4 Å². The summed E-state index contributed by atoms with van der Waals surface area (Å²) in [5, 5.41) is 12.4. The van der Waals surface area contributed by atoms with E-state index in [1.807, 2.05) is 13.0 Å². The van der Waals surface area contributed by atoms with Gasteiger partial charge in [-0.3, -0.25) is 0 Å². The van der Waals surface area contributed by atoms with Gasteiger partial charge in [-0.15, -0.1) is 0 Å². The van der Waals surface area contributed by atoms with E-state index >= 15 is 0 Å². The van der Waals surface area contributed by atoms with Crippen molar-refractivity contribution in [2.45, 2.75) is 13.5 Å². The third-order valence-electron chi connectivity index (χ3n) is 2.86. The van der Waals surface area contributed by atoms with Gasteiger partial charge in [0.15, 0.2) is 11.6 Å². The molecule has 0 unspecified atom stereocenters. The highest BCUT2D eigenvalue weighted by Gasteiger charge is 2.10. The summed E-state index contributed by atoms with van der Waals surface area (Å²) in [6.45, 7) is 3.54. The highest BCUT2D eigenvalue weighted by molar-refractivity contribution is 9.10. The van der Waals surface area contributed by atoms with Crippen molar-refractivity contribution in [2.75, 3.05) is 6.54 Å². The van der Waals surface area contributed by atoms with E-state index in [9.17, 15) is 9.65 Å². The van der Waals surface area contributed by atoms with Crippen molar-refractivity contribution in [3.05, 3.63) is 57.8 Å². The molecule has 0 spiro atoms. The van der Waals surface area contributed by atoms with Crippen molar-refractivity contribution in [1.29, 1.82) is 5.26 Å². The summed E-state index contributed by atoms with van der Waals surface area (Å²) >= 11 is 3.27. The number of nitrogens with zero attached hydrogens (tertiary/aromatic N) is 1. The molecule has 0 fully saturated rings. The minimum Gasteiger partial charge on any atom is -0.453 e. The number of halogens is 2. The van der Waals surface area contributed by atoms with E-state index in [-0.39, 0.29) is 5.75 Å². The first kappa shape index (κ1) is 15.5. The van der Waals surface area contributed by atoms with Crippen LogP contribution in [0.4, 0.5) is 4.39 Å². The lowest BCUT2D eigenvalue weighted by molar-refractivity contribution is 0.440. The standard InChI is InChI=1S/C16H14BrFN2O/c1-2-20-10-11-3-6-15(12(7-11)9-19)21-16-8-13(17)4-5-14(16)18/h3-8,20H,2,10H2,1H3. The molecule has 0 aliphatic heterocycles. The van der Waals surface area contributed by atoms with Crippen molar-refractivity contribution in [1.82, 2.24) is 5.32 Å². The quantitative estimate of drug-likeness (QED) is 0.872. The largest absolute Gasteiger partial charge is 0.453 e. The van der Waals surface area contributed by atoms with Crippen molar-refractivity contribution in [3.63, 3.8) is 0 Å². The van der Waals surface area contributed by atoms with E-state index in [0.29, 0.717) is 22.3 Å². The lowest BCUT2D eigenvalue weighted by Gasteiger charge is -2.10. The zero-order chi connectivity index (χ0) is 15.2. The smallest absolute Gasteiger partial charge is 0.165 e. The first-order chi connectivity index (χ1) is 10.1. The zero-order valence-electron chi connectivity index (χ0n) is 11.5. The molecule has 0 aliphatic rings. The Kier molecular flexibility index (Phi) is 5.32. The molecule has 108 valence electrons. The Morgan fingerprint density at radius 3 is 2.76 bits per heavy atom. The van der Waals surface area contributed by atoms with Crippen LogP contribution in [0.5, 0.6) is 11.5 Å². The first-order valence-electron chi connectivity index (χ1n) is 6.50. The number of hydrogen-bond donors (Lipinski definition) is 1. The van der Waals surface area contributed by atoms with Crippen molar-refractivity contribution in [2.24, 2.45) is 0 Å². The predicted molar refractivity (Wildman–Crippen MR) is 82.7 cm³/mol. The van der Waals surface area contributed by atoms with Crippen LogP contribution in [-0.2, 0) is 6.54 Å². The molecule has 21 heavy (non-hydrogen) atoms. The van der Waals surface area contributed by atoms with Gasteiger partial charge < -0.3 is 10.1 Å². The molecule has 2 aromatic rings. The molecule has 3 nitrogen and oxygen atoms in total. The minimum absolute atomic E-state index is 0.0836. The van der Waals surface area contributed by atoms with Gasteiger partial charge >= 0.3 is 0 Å². The molecule has 5 heteroatoms. The molecule has 0 amide bonds. The number of ether oxygens (including phenoxy) is 1. The monoisotopic (exact) mass is 348 g/mol. The molecule has 0 radical (unpaired) electrons. The summed E-state index contributed by atoms with van der Waals surface area (Å²) in [6.07, 6.45) is 0. The van der Waals surface area contributed by atoms with Crippen LogP contribution in [0.25, 0.3) is 0 Å². The van der Waals surface area contributed by atoms with Crippen molar-refractivity contribution < 1.29 is 9.13 Å². The fourth-order valence-electron chi connectivity index (χ4n) is 1.81. The molecule has 2 aromatic carbocycles. The Labute approximate surface area is 131 Å². The number of benzene rings is 2. The van der Waals surface area contributed by atoms with Gasteiger partial charge in [-0.25, -0.2) is 4.39 Å². The van der Waals surface area contributed by atoms with E-state index in [4.69, 9.17) is 4.74 Å². The first-order valence-corrected chi connectivity index (χ1v) is 7.30. The zero-order valence-corrected chi connectivity index (χ0v) is 13.1. The summed E-state index contributed by atoms with van der Waals surface area (Å²) in [5.74, 6) is -0.0473.